The van der Waals surface area contributed by atoms with Crippen molar-refractivity contribution in [3.63, 3.8) is 0 Å². The van der Waals surface area contributed by atoms with Gasteiger partial charge in [0.15, 0.2) is 0 Å². The average molecular weight is 501 g/mol. The average Bonchev–Trinajstić information content (AvgIpc) is 2.89. The van der Waals surface area contributed by atoms with Crippen molar-refractivity contribution < 1.29 is 19.7 Å². The highest BCUT2D eigenvalue weighted by atomic mass is 16.5. The van der Waals surface area contributed by atoms with Gasteiger partial charge in [0.2, 0.25) is 0 Å². The van der Waals surface area contributed by atoms with Crippen molar-refractivity contribution in [3.8, 4) is 28.0 Å². The Balaban J connectivity index is 1.72. The zero-order valence-corrected chi connectivity index (χ0v) is 22.6. The molecule has 0 spiro atoms. The topological polar surface area (TPSA) is 66.8 Å². The Morgan fingerprint density at radius 3 is 2.05 bits per heavy atom. The normalized spacial score (nSPS) is 15.7. The van der Waals surface area contributed by atoms with Crippen LogP contribution in [-0.2, 0) is 10.8 Å². The van der Waals surface area contributed by atoms with Crippen LogP contribution in [0.4, 0.5) is 0 Å². The summed E-state index contributed by atoms with van der Waals surface area (Å²) in [5.41, 5.74) is 7.59. The number of fused-ring (bicyclic) bond motifs is 1. The molecule has 0 saturated heterocycles. The fourth-order valence-corrected chi connectivity index (χ4v) is 5.37. The van der Waals surface area contributed by atoms with E-state index in [0.29, 0.717) is 6.61 Å². The lowest BCUT2D eigenvalue weighted by molar-refractivity contribution is 0.0697. The molecule has 0 amide bonds. The Bertz CT molecular complexity index is 1240. The van der Waals surface area contributed by atoms with E-state index in [1.54, 1.807) is 12.1 Å². The fourth-order valence-electron chi connectivity index (χ4n) is 5.37. The summed E-state index contributed by atoms with van der Waals surface area (Å²) in [6.45, 7) is 10.2. The fraction of sp³-hybridized carbons (Fsp3) is 0.424. The molecular weight excluding hydrogens is 460 g/mol. The van der Waals surface area contributed by atoms with E-state index in [4.69, 9.17) is 9.84 Å². The van der Waals surface area contributed by atoms with Crippen LogP contribution in [0.5, 0.6) is 5.75 Å². The maximum absolute atomic E-state index is 11.3. The van der Waals surface area contributed by atoms with Gasteiger partial charge in [-0.05, 0) is 95.0 Å². The molecule has 0 fully saturated rings. The summed E-state index contributed by atoms with van der Waals surface area (Å²) in [5, 5.41) is 18.3. The molecule has 3 aromatic rings. The maximum atomic E-state index is 11.3. The molecule has 1 aliphatic rings. The zero-order valence-electron chi connectivity index (χ0n) is 22.6. The summed E-state index contributed by atoms with van der Waals surface area (Å²) < 4.78 is 6.31. The van der Waals surface area contributed by atoms with Crippen LogP contribution in [0.15, 0.2) is 60.7 Å². The van der Waals surface area contributed by atoms with Gasteiger partial charge in [0.1, 0.15) is 5.75 Å². The van der Waals surface area contributed by atoms with Gasteiger partial charge in [-0.25, -0.2) is 4.79 Å². The molecule has 0 aromatic heterocycles. The highest BCUT2D eigenvalue weighted by Gasteiger charge is 2.37. The van der Waals surface area contributed by atoms with E-state index in [1.165, 1.54) is 17.5 Å². The molecule has 4 rings (SSSR count). The van der Waals surface area contributed by atoms with Crippen molar-refractivity contribution in [2.75, 3.05) is 13.2 Å². The molecule has 1 aliphatic carbocycles. The minimum atomic E-state index is -0.922. The zero-order chi connectivity index (χ0) is 26.6. The smallest absolute Gasteiger partial charge is 0.335 e. The molecule has 0 saturated carbocycles. The highest BCUT2D eigenvalue weighted by Crippen LogP contribution is 2.47. The van der Waals surface area contributed by atoms with E-state index in [2.05, 4.69) is 52.0 Å². The Morgan fingerprint density at radius 2 is 1.38 bits per heavy atom. The lowest BCUT2D eigenvalue weighted by Crippen LogP contribution is -2.33. The third-order valence-corrected chi connectivity index (χ3v) is 7.92. The SMILES string of the molecule is CC1(C)CCC(C)(C)c2cc(-c3cc(-c4ccc(C(=O)O)cc4)ccc3OCCCCCCO)ccc21. The van der Waals surface area contributed by atoms with E-state index in [0.717, 1.165) is 60.1 Å². The van der Waals surface area contributed by atoms with Crippen molar-refractivity contribution in [1.29, 1.82) is 0 Å². The first-order valence-corrected chi connectivity index (χ1v) is 13.5. The van der Waals surface area contributed by atoms with Crippen molar-refractivity contribution in [2.24, 2.45) is 0 Å². The summed E-state index contributed by atoms with van der Waals surface area (Å²) in [4.78, 5) is 11.3. The van der Waals surface area contributed by atoms with Crippen LogP contribution in [0.1, 0.15) is 87.7 Å². The molecule has 0 aliphatic heterocycles. The first-order chi connectivity index (χ1) is 17.6. The molecule has 0 atom stereocenters. The van der Waals surface area contributed by atoms with Crippen LogP contribution in [0.25, 0.3) is 22.3 Å². The summed E-state index contributed by atoms with van der Waals surface area (Å²) in [6.07, 6.45) is 6.16. The number of carbonyl (C=O) groups is 1. The predicted octanol–water partition coefficient (Wildman–Crippen LogP) is 8.00. The number of carboxylic acids is 1. The Kier molecular flexibility index (Phi) is 8.08. The molecule has 0 unspecified atom stereocenters. The van der Waals surface area contributed by atoms with Gasteiger partial charge in [-0.2, -0.15) is 0 Å². The van der Waals surface area contributed by atoms with Gasteiger partial charge in [-0.15, -0.1) is 0 Å². The molecule has 37 heavy (non-hydrogen) atoms. The number of rotatable bonds is 10. The van der Waals surface area contributed by atoms with Gasteiger partial charge in [0.25, 0.3) is 0 Å². The first kappa shape index (κ1) is 26.9. The van der Waals surface area contributed by atoms with E-state index >= 15 is 0 Å². The number of carboxylic acid groups (broad SMARTS) is 1. The number of unbranched alkanes of at least 4 members (excludes halogenated alkanes) is 3. The molecular formula is C33H40O4. The van der Waals surface area contributed by atoms with Gasteiger partial charge in [0.05, 0.1) is 12.2 Å². The van der Waals surface area contributed by atoms with Crippen molar-refractivity contribution in [3.05, 3.63) is 77.4 Å². The largest absolute Gasteiger partial charge is 0.493 e. The van der Waals surface area contributed by atoms with Crippen molar-refractivity contribution in [2.45, 2.75) is 77.0 Å². The summed E-state index contributed by atoms with van der Waals surface area (Å²) in [7, 11) is 0. The highest BCUT2D eigenvalue weighted by molar-refractivity contribution is 5.88. The second-order valence-electron chi connectivity index (χ2n) is 11.6. The molecule has 2 N–H and O–H groups in total. The number of benzene rings is 3. The second-order valence-corrected chi connectivity index (χ2v) is 11.6. The number of hydrogen-bond acceptors (Lipinski definition) is 3. The van der Waals surface area contributed by atoms with Gasteiger partial charge < -0.3 is 14.9 Å². The van der Waals surface area contributed by atoms with Crippen LogP contribution >= 0.6 is 0 Å². The predicted molar refractivity (Wildman–Crippen MR) is 151 cm³/mol. The van der Waals surface area contributed by atoms with Crippen LogP contribution < -0.4 is 4.74 Å². The van der Waals surface area contributed by atoms with Crippen LogP contribution in [0, 0.1) is 0 Å². The minimum absolute atomic E-state index is 0.110. The quantitative estimate of drug-likeness (QED) is 0.277. The van der Waals surface area contributed by atoms with Crippen LogP contribution in [0.3, 0.4) is 0 Å². The Labute approximate surface area is 221 Å². The Morgan fingerprint density at radius 1 is 0.757 bits per heavy atom. The molecule has 0 radical (unpaired) electrons. The van der Waals surface area contributed by atoms with Crippen LogP contribution in [-0.4, -0.2) is 29.4 Å². The van der Waals surface area contributed by atoms with Gasteiger partial charge >= 0.3 is 5.97 Å². The number of aromatic carboxylic acids is 1. The molecule has 0 heterocycles. The third kappa shape index (κ3) is 6.07. The van der Waals surface area contributed by atoms with E-state index in [9.17, 15) is 9.90 Å². The van der Waals surface area contributed by atoms with E-state index < -0.39 is 5.97 Å². The summed E-state index contributed by atoms with van der Waals surface area (Å²) in [6, 6.07) is 20.2. The monoisotopic (exact) mass is 500 g/mol. The number of aliphatic hydroxyl groups excluding tert-OH is 1. The Hall–Kier alpha value is -3.11. The summed E-state index contributed by atoms with van der Waals surface area (Å²) >= 11 is 0. The van der Waals surface area contributed by atoms with Gasteiger partial charge in [0, 0.05) is 12.2 Å². The standard InChI is InChI=1S/C33H40O4/c1-32(2)17-18-33(3,4)29-22-26(13-15-28(29)32)27-21-25(23-9-11-24(12-10-23)31(35)36)14-16-30(27)37-20-8-6-5-7-19-34/h9-16,21-22,34H,5-8,17-20H2,1-4H3,(H,35,36). The molecule has 4 heteroatoms. The van der Waals surface area contributed by atoms with Crippen molar-refractivity contribution in [1.82, 2.24) is 0 Å². The molecule has 4 nitrogen and oxygen atoms in total. The number of ether oxygens (including phenoxy) is 1. The van der Waals surface area contributed by atoms with Crippen LogP contribution in [0.2, 0.25) is 0 Å². The second kappa shape index (κ2) is 11.1. The summed E-state index contributed by atoms with van der Waals surface area (Å²) in [5.74, 6) is -0.0598. The molecule has 0 bridgehead atoms. The minimum Gasteiger partial charge on any atom is -0.493 e. The first-order valence-electron chi connectivity index (χ1n) is 13.5. The van der Waals surface area contributed by atoms with E-state index in [-0.39, 0.29) is 23.0 Å². The van der Waals surface area contributed by atoms with Crippen molar-refractivity contribution >= 4 is 5.97 Å². The third-order valence-electron chi connectivity index (χ3n) is 7.92. The number of hydrogen-bond donors (Lipinski definition) is 2. The lowest BCUT2D eigenvalue weighted by Gasteiger charge is -2.42. The molecule has 196 valence electrons. The van der Waals surface area contributed by atoms with E-state index in [1.807, 2.05) is 24.3 Å². The maximum Gasteiger partial charge on any atom is 0.335 e. The molecule has 3 aromatic carbocycles. The lowest BCUT2D eigenvalue weighted by atomic mass is 9.63. The van der Waals surface area contributed by atoms with Gasteiger partial charge in [-0.3, -0.25) is 0 Å². The number of aliphatic hydroxyl groups is 1. The van der Waals surface area contributed by atoms with Gasteiger partial charge in [-0.1, -0.05) is 70.5 Å².